The van der Waals surface area contributed by atoms with Crippen molar-refractivity contribution in [3.8, 4) is 11.5 Å². The maximum Gasteiger partial charge on any atom is 0.189 e. The number of rotatable bonds is 12. The Morgan fingerprint density at radius 2 is 1.79 bits per heavy atom. The van der Waals surface area contributed by atoms with Crippen LogP contribution in [0.2, 0.25) is 5.02 Å². The first kappa shape index (κ1) is 25.2. The van der Waals surface area contributed by atoms with Gasteiger partial charge in [-0.2, -0.15) is 0 Å². The van der Waals surface area contributed by atoms with Crippen LogP contribution in [0.3, 0.4) is 0 Å². The topological polar surface area (TPSA) is 62.2 Å². The van der Waals surface area contributed by atoms with Crippen molar-refractivity contribution < 1.29 is 19.4 Å². The highest BCUT2D eigenvalue weighted by Gasteiger charge is 2.16. The van der Waals surface area contributed by atoms with Gasteiger partial charge in [-0.25, -0.2) is 0 Å². The third-order valence-corrected chi connectivity index (χ3v) is 6.13. The maximum absolute atomic E-state index is 12.8. The molecule has 1 saturated heterocycles. The molecule has 0 atom stereocenters. The molecule has 0 unspecified atom stereocenters. The first-order valence-electron chi connectivity index (χ1n) is 11.4. The zero-order valence-corrected chi connectivity index (χ0v) is 20.0. The molecule has 0 aromatic heterocycles. The summed E-state index contributed by atoms with van der Waals surface area (Å²) in [6.07, 6.45) is 5.17. The Labute approximate surface area is 201 Å². The van der Waals surface area contributed by atoms with Gasteiger partial charge in [0.15, 0.2) is 5.78 Å². The second-order valence-electron chi connectivity index (χ2n) is 8.04. The van der Waals surface area contributed by atoms with E-state index < -0.39 is 0 Å². The molecule has 0 radical (unpaired) electrons. The number of hydrogen-bond acceptors (Lipinski definition) is 6. The van der Waals surface area contributed by atoms with Crippen molar-refractivity contribution in [2.24, 2.45) is 0 Å². The smallest absolute Gasteiger partial charge is 0.189 e. The summed E-state index contributed by atoms with van der Waals surface area (Å²) in [5.41, 5.74) is 1.29. The number of methoxy groups -OCH3 is 1. The number of hydrogen-bond donors (Lipinski definition) is 1. The lowest BCUT2D eigenvalue weighted by atomic mass is 10.1. The van der Waals surface area contributed by atoms with Crippen LogP contribution in [0.5, 0.6) is 11.5 Å². The highest BCUT2D eigenvalue weighted by Crippen LogP contribution is 2.26. The Balaban J connectivity index is 1.51. The Bertz CT molecular complexity index is 926. The van der Waals surface area contributed by atoms with E-state index in [-0.39, 0.29) is 12.4 Å². The summed E-state index contributed by atoms with van der Waals surface area (Å²) in [6, 6.07) is 12.7. The molecule has 0 saturated carbocycles. The van der Waals surface area contributed by atoms with E-state index in [1.54, 1.807) is 37.5 Å². The van der Waals surface area contributed by atoms with Gasteiger partial charge >= 0.3 is 0 Å². The number of carbonyl (C=O) groups excluding carboxylic acids is 1. The molecule has 2 aromatic rings. The largest absolute Gasteiger partial charge is 0.497 e. The molecule has 7 heteroatoms. The molecule has 33 heavy (non-hydrogen) atoms. The van der Waals surface area contributed by atoms with Crippen LogP contribution in [0, 0.1) is 0 Å². The lowest BCUT2D eigenvalue weighted by Gasteiger charge is -2.34. The van der Waals surface area contributed by atoms with Gasteiger partial charge in [0.05, 0.1) is 25.9 Å². The van der Waals surface area contributed by atoms with Crippen molar-refractivity contribution in [2.75, 3.05) is 59.6 Å². The van der Waals surface area contributed by atoms with Crippen LogP contribution in [-0.4, -0.2) is 80.3 Å². The number of ether oxygens (including phenoxy) is 2. The molecule has 1 aliphatic heterocycles. The van der Waals surface area contributed by atoms with Crippen LogP contribution < -0.4 is 9.47 Å². The van der Waals surface area contributed by atoms with Crippen molar-refractivity contribution in [3.63, 3.8) is 0 Å². The Kier molecular flexibility index (Phi) is 10.2. The van der Waals surface area contributed by atoms with Crippen LogP contribution in [0.4, 0.5) is 0 Å². The van der Waals surface area contributed by atoms with Crippen LogP contribution >= 0.6 is 11.6 Å². The molecule has 1 heterocycles. The minimum absolute atomic E-state index is 0.145. The van der Waals surface area contributed by atoms with E-state index in [9.17, 15) is 4.79 Å². The van der Waals surface area contributed by atoms with Crippen LogP contribution in [0.1, 0.15) is 28.8 Å². The molecular formula is C26H33ClN2O4. The summed E-state index contributed by atoms with van der Waals surface area (Å²) in [5.74, 6) is 1.03. The van der Waals surface area contributed by atoms with Gasteiger partial charge in [0, 0.05) is 43.8 Å². The number of allylic oxidation sites excluding steroid dienone is 1. The van der Waals surface area contributed by atoms with Gasteiger partial charge in [-0.05, 0) is 55.3 Å². The predicted molar refractivity (Wildman–Crippen MR) is 133 cm³/mol. The SMILES string of the molecule is COc1ccc(C(=O)C=Cc2ccccc2Cl)c(OCCCCN2CCN(CCO)CC2)c1. The van der Waals surface area contributed by atoms with Crippen molar-refractivity contribution in [1.29, 1.82) is 0 Å². The predicted octanol–water partition coefficient (Wildman–Crippen LogP) is 4.01. The quantitative estimate of drug-likeness (QED) is 0.286. The number of carbonyl (C=O) groups is 1. The minimum atomic E-state index is -0.145. The summed E-state index contributed by atoms with van der Waals surface area (Å²) in [6.45, 7) is 6.63. The van der Waals surface area contributed by atoms with E-state index >= 15 is 0 Å². The van der Waals surface area contributed by atoms with E-state index in [0.717, 1.165) is 57.7 Å². The van der Waals surface area contributed by atoms with Crippen molar-refractivity contribution in [2.45, 2.75) is 12.8 Å². The third-order valence-electron chi connectivity index (χ3n) is 5.78. The van der Waals surface area contributed by atoms with Gasteiger partial charge in [0.25, 0.3) is 0 Å². The fourth-order valence-corrected chi connectivity index (χ4v) is 4.01. The van der Waals surface area contributed by atoms with Crippen molar-refractivity contribution in [1.82, 2.24) is 9.80 Å². The fraction of sp³-hybridized carbons (Fsp3) is 0.423. The summed E-state index contributed by atoms with van der Waals surface area (Å²) >= 11 is 6.18. The Morgan fingerprint density at radius 3 is 2.48 bits per heavy atom. The molecule has 2 aromatic carbocycles. The average Bonchev–Trinajstić information content (AvgIpc) is 2.84. The number of unbranched alkanes of at least 4 members (excludes halogenated alkanes) is 1. The number of piperazine rings is 1. The van der Waals surface area contributed by atoms with E-state index in [4.69, 9.17) is 26.2 Å². The van der Waals surface area contributed by atoms with E-state index in [0.29, 0.717) is 28.7 Å². The second-order valence-corrected chi connectivity index (χ2v) is 8.45. The van der Waals surface area contributed by atoms with Gasteiger partial charge in [-0.1, -0.05) is 29.8 Å². The minimum Gasteiger partial charge on any atom is -0.497 e. The number of ketones is 1. The van der Waals surface area contributed by atoms with Gasteiger partial charge in [-0.3, -0.25) is 9.69 Å². The number of β-amino-alcohol motifs (C(OH)–C–C–N with tert-alkyl or cyclic N) is 1. The third kappa shape index (κ3) is 7.86. The molecule has 178 valence electrons. The lowest BCUT2D eigenvalue weighted by Crippen LogP contribution is -2.47. The Hall–Kier alpha value is -2.38. The van der Waals surface area contributed by atoms with Crippen LogP contribution in [0.15, 0.2) is 48.5 Å². The number of benzene rings is 2. The Morgan fingerprint density at radius 1 is 1.06 bits per heavy atom. The number of aliphatic hydroxyl groups is 1. The van der Waals surface area contributed by atoms with Crippen molar-refractivity contribution in [3.05, 3.63) is 64.7 Å². The van der Waals surface area contributed by atoms with Crippen LogP contribution in [0.25, 0.3) is 6.08 Å². The van der Waals surface area contributed by atoms with E-state index in [1.807, 2.05) is 18.2 Å². The molecule has 0 aliphatic carbocycles. The molecule has 1 N–H and O–H groups in total. The molecular weight excluding hydrogens is 440 g/mol. The summed E-state index contributed by atoms with van der Waals surface area (Å²) in [5, 5.41) is 9.65. The van der Waals surface area contributed by atoms with Crippen LogP contribution in [-0.2, 0) is 0 Å². The van der Waals surface area contributed by atoms with Gasteiger partial charge in [-0.15, -0.1) is 0 Å². The van der Waals surface area contributed by atoms with Gasteiger partial charge < -0.3 is 19.5 Å². The number of nitrogens with zero attached hydrogens (tertiary/aromatic N) is 2. The molecule has 1 fully saturated rings. The monoisotopic (exact) mass is 472 g/mol. The molecule has 3 rings (SSSR count). The molecule has 1 aliphatic rings. The van der Waals surface area contributed by atoms with Gasteiger partial charge in [0.1, 0.15) is 11.5 Å². The maximum atomic E-state index is 12.8. The first-order valence-corrected chi connectivity index (χ1v) is 11.8. The van der Waals surface area contributed by atoms with E-state index in [1.165, 1.54) is 6.08 Å². The highest BCUT2D eigenvalue weighted by molar-refractivity contribution is 6.32. The number of halogens is 1. The zero-order chi connectivity index (χ0) is 23.5. The van der Waals surface area contributed by atoms with E-state index in [2.05, 4.69) is 9.80 Å². The molecule has 0 bridgehead atoms. The van der Waals surface area contributed by atoms with Crippen molar-refractivity contribution >= 4 is 23.5 Å². The standard InChI is InChI=1S/C26H33ClN2O4/c1-32-22-9-10-23(25(31)11-8-21-6-2-3-7-24(21)27)26(20-22)33-19-5-4-12-28-13-15-29(16-14-28)17-18-30/h2-3,6-11,20,30H,4-5,12-19H2,1H3. The molecule has 0 amide bonds. The summed E-state index contributed by atoms with van der Waals surface area (Å²) < 4.78 is 11.3. The lowest BCUT2D eigenvalue weighted by molar-refractivity contribution is 0.104. The summed E-state index contributed by atoms with van der Waals surface area (Å²) in [4.78, 5) is 17.6. The normalized spacial score (nSPS) is 15.1. The number of aliphatic hydroxyl groups excluding tert-OH is 1. The second kappa shape index (κ2) is 13.4. The fourth-order valence-electron chi connectivity index (χ4n) is 3.82. The van der Waals surface area contributed by atoms with Gasteiger partial charge in [0.2, 0.25) is 0 Å². The molecule has 6 nitrogen and oxygen atoms in total. The summed E-state index contributed by atoms with van der Waals surface area (Å²) in [7, 11) is 1.60. The average molecular weight is 473 g/mol. The molecule has 0 spiro atoms. The zero-order valence-electron chi connectivity index (χ0n) is 19.2. The first-order chi connectivity index (χ1) is 16.1. The highest BCUT2D eigenvalue weighted by atomic mass is 35.5.